The standard InChI is InChI=1S/C12H19N3O5/c13-9(16)5-15(6-10(14)17)11(18)7-3-1-2-4-8(7)12(19)20/h7-8H,1-6H2,(H2,13,16)(H2,14,17)(H,19,20)/t7-,8+/m1/s1. The summed E-state index contributed by atoms with van der Waals surface area (Å²) >= 11 is 0. The monoisotopic (exact) mass is 285 g/mol. The molecule has 0 aromatic heterocycles. The second-order valence-electron chi connectivity index (χ2n) is 4.96. The summed E-state index contributed by atoms with van der Waals surface area (Å²) < 4.78 is 0. The SMILES string of the molecule is NC(=O)CN(CC(N)=O)C(=O)[C@@H]1CCCC[C@@H]1C(=O)O. The van der Waals surface area contributed by atoms with Gasteiger partial charge in [0.25, 0.3) is 0 Å². The summed E-state index contributed by atoms with van der Waals surface area (Å²) in [6.07, 6.45) is 2.31. The van der Waals surface area contributed by atoms with Crippen molar-refractivity contribution < 1.29 is 24.3 Å². The zero-order valence-corrected chi connectivity index (χ0v) is 11.1. The van der Waals surface area contributed by atoms with Crippen molar-refractivity contribution in [3.8, 4) is 0 Å². The molecule has 0 aliphatic heterocycles. The Morgan fingerprint density at radius 2 is 1.40 bits per heavy atom. The Labute approximate surface area is 116 Å². The Balaban J connectivity index is 2.87. The molecule has 0 radical (unpaired) electrons. The molecule has 1 rings (SSSR count). The van der Waals surface area contributed by atoms with E-state index in [4.69, 9.17) is 16.6 Å². The van der Waals surface area contributed by atoms with E-state index < -0.39 is 48.6 Å². The molecule has 0 unspecified atom stereocenters. The highest BCUT2D eigenvalue weighted by atomic mass is 16.4. The van der Waals surface area contributed by atoms with Crippen molar-refractivity contribution in [1.82, 2.24) is 4.90 Å². The number of nitrogens with zero attached hydrogens (tertiary/aromatic N) is 1. The minimum Gasteiger partial charge on any atom is -0.481 e. The van der Waals surface area contributed by atoms with Crippen molar-refractivity contribution >= 4 is 23.7 Å². The fourth-order valence-electron chi connectivity index (χ4n) is 2.54. The molecule has 0 aromatic rings. The largest absolute Gasteiger partial charge is 0.481 e. The second-order valence-corrected chi connectivity index (χ2v) is 4.96. The van der Waals surface area contributed by atoms with Crippen LogP contribution < -0.4 is 11.5 Å². The Bertz CT molecular complexity index is 407. The van der Waals surface area contributed by atoms with Gasteiger partial charge in [0, 0.05) is 0 Å². The highest BCUT2D eigenvalue weighted by molar-refractivity contribution is 5.91. The van der Waals surface area contributed by atoms with Gasteiger partial charge < -0.3 is 21.5 Å². The topological polar surface area (TPSA) is 144 Å². The van der Waals surface area contributed by atoms with Crippen LogP contribution in [0.4, 0.5) is 0 Å². The maximum atomic E-state index is 12.3. The molecule has 1 aliphatic rings. The van der Waals surface area contributed by atoms with Crippen LogP contribution in [0, 0.1) is 11.8 Å². The lowest BCUT2D eigenvalue weighted by atomic mass is 9.78. The Morgan fingerprint density at radius 1 is 0.950 bits per heavy atom. The lowest BCUT2D eigenvalue weighted by Gasteiger charge is -2.31. The van der Waals surface area contributed by atoms with Crippen molar-refractivity contribution in [1.29, 1.82) is 0 Å². The molecule has 5 N–H and O–H groups in total. The molecule has 1 fully saturated rings. The first kappa shape index (κ1) is 15.9. The number of carbonyl (C=O) groups excluding carboxylic acids is 3. The molecule has 8 heteroatoms. The minimum absolute atomic E-state index is 0.409. The van der Waals surface area contributed by atoms with Crippen molar-refractivity contribution in [2.75, 3.05) is 13.1 Å². The molecule has 0 bridgehead atoms. The molecular formula is C12H19N3O5. The number of carboxylic acid groups (broad SMARTS) is 1. The van der Waals surface area contributed by atoms with Crippen LogP contribution in [0.3, 0.4) is 0 Å². The zero-order chi connectivity index (χ0) is 15.3. The number of carboxylic acids is 1. The van der Waals surface area contributed by atoms with Crippen molar-refractivity contribution in [2.45, 2.75) is 25.7 Å². The van der Waals surface area contributed by atoms with E-state index in [0.29, 0.717) is 12.8 Å². The number of primary amides is 2. The molecule has 0 saturated heterocycles. The van der Waals surface area contributed by atoms with Crippen LogP contribution in [0.25, 0.3) is 0 Å². The van der Waals surface area contributed by atoms with Crippen molar-refractivity contribution in [3.63, 3.8) is 0 Å². The summed E-state index contributed by atoms with van der Waals surface area (Å²) in [7, 11) is 0. The van der Waals surface area contributed by atoms with E-state index in [1.54, 1.807) is 0 Å². The third-order valence-electron chi connectivity index (χ3n) is 3.41. The maximum absolute atomic E-state index is 12.3. The van der Waals surface area contributed by atoms with Gasteiger partial charge in [-0.3, -0.25) is 19.2 Å². The summed E-state index contributed by atoms with van der Waals surface area (Å²) in [5, 5.41) is 9.15. The van der Waals surface area contributed by atoms with Crippen LogP contribution in [-0.2, 0) is 19.2 Å². The molecule has 8 nitrogen and oxygen atoms in total. The smallest absolute Gasteiger partial charge is 0.307 e. The van der Waals surface area contributed by atoms with Crippen LogP contribution in [0.2, 0.25) is 0 Å². The van der Waals surface area contributed by atoms with E-state index >= 15 is 0 Å². The van der Waals surface area contributed by atoms with Gasteiger partial charge in [0.2, 0.25) is 17.7 Å². The van der Waals surface area contributed by atoms with Crippen LogP contribution in [0.1, 0.15) is 25.7 Å². The fraction of sp³-hybridized carbons (Fsp3) is 0.667. The van der Waals surface area contributed by atoms with Crippen LogP contribution in [-0.4, -0.2) is 46.8 Å². The Morgan fingerprint density at radius 3 is 1.80 bits per heavy atom. The van der Waals surface area contributed by atoms with Crippen molar-refractivity contribution in [3.05, 3.63) is 0 Å². The highest BCUT2D eigenvalue weighted by Crippen LogP contribution is 2.31. The molecular weight excluding hydrogens is 266 g/mol. The number of hydrogen-bond donors (Lipinski definition) is 3. The minimum atomic E-state index is -1.04. The summed E-state index contributed by atoms with van der Waals surface area (Å²) in [5.74, 6) is -4.67. The van der Waals surface area contributed by atoms with Gasteiger partial charge in [0.05, 0.1) is 24.9 Å². The molecule has 1 aliphatic carbocycles. The molecule has 3 amide bonds. The van der Waals surface area contributed by atoms with Crippen LogP contribution >= 0.6 is 0 Å². The van der Waals surface area contributed by atoms with Gasteiger partial charge in [-0.25, -0.2) is 0 Å². The normalized spacial score (nSPS) is 22.0. The van der Waals surface area contributed by atoms with Gasteiger partial charge in [0.1, 0.15) is 0 Å². The average Bonchev–Trinajstić information content (AvgIpc) is 2.36. The van der Waals surface area contributed by atoms with Gasteiger partial charge in [0.15, 0.2) is 0 Å². The number of aliphatic carboxylic acids is 1. The fourth-order valence-corrected chi connectivity index (χ4v) is 2.54. The van der Waals surface area contributed by atoms with E-state index in [1.165, 1.54) is 0 Å². The first-order valence-corrected chi connectivity index (χ1v) is 6.41. The lowest BCUT2D eigenvalue weighted by molar-refractivity contribution is -0.153. The first-order chi connectivity index (χ1) is 9.32. The quantitative estimate of drug-likeness (QED) is 0.554. The van der Waals surface area contributed by atoms with Gasteiger partial charge >= 0.3 is 5.97 Å². The second kappa shape index (κ2) is 6.88. The van der Waals surface area contributed by atoms with E-state index in [1.807, 2.05) is 0 Å². The van der Waals surface area contributed by atoms with E-state index in [9.17, 15) is 19.2 Å². The van der Waals surface area contributed by atoms with E-state index in [0.717, 1.165) is 17.7 Å². The number of hydrogen-bond acceptors (Lipinski definition) is 4. The summed E-state index contributed by atoms with van der Waals surface area (Å²) in [6.45, 7) is -0.880. The van der Waals surface area contributed by atoms with E-state index in [-0.39, 0.29) is 0 Å². The number of nitrogens with two attached hydrogens (primary N) is 2. The predicted octanol–water partition coefficient (Wildman–Crippen LogP) is -1.32. The van der Waals surface area contributed by atoms with Gasteiger partial charge in [-0.1, -0.05) is 12.8 Å². The maximum Gasteiger partial charge on any atom is 0.307 e. The molecule has 1 saturated carbocycles. The third-order valence-corrected chi connectivity index (χ3v) is 3.41. The van der Waals surface area contributed by atoms with E-state index in [2.05, 4.69) is 0 Å². The molecule has 0 spiro atoms. The zero-order valence-electron chi connectivity index (χ0n) is 11.1. The number of rotatable bonds is 6. The van der Waals surface area contributed by atoms with Gasteiger partial charge in [-0.15, -0.1) is 0 Å². The molecule has 112 valence electrons. The molecule has 20 heavy (non-hydrogen) atoms. The third kappa shape index (κ3) is 4.22. The Hall–Kier alpha value is -2.12. The first-order valence-electron chi connectivity index (χ1n) is 6.41. The molecule has 2 atom stereocenters. The molecule has 0 aromatic carbocycles. The molecule has 0 heterocycles. The average molecular weight is 285 g/mol. The highest BCUT2D eigenvalue weighted by Gasteiger charge is 2.38. The van der Waals surface area contributed by atoms with Gasteiger partial charge in [-0.05, 0) is 12.8 Å². The predicted molar refractivity (Wildman–Crippen MR) is 68.1 cm³/mol. The number of carbonyl (C=O) groups is 4. The summed E-state index contributed by atoms with van der Waals surface area (Å²) in [5.41, 5.74) is 10.1. The summed E-state index contributed by atoms with van der Waals surface area (Å²) in [4.78, 5) is 46.4. The Kier molecular flexibility index (Phi) is 5.48. The van der Waals surface area contributed by atoms with Crippen LogP contribution in [0.5, 0.6) is 0 Å². The lowest BCUT2D eigenvalue weighted by Crippen LogP contribution is -2.48. The van der Waals surface area contributed by atoms with Crippen molar-refractivity contribution in [2.24, 2.45) is 23.3 Å². The number of amides is 3. The summed E-state index contributed by atoms with van der Waals surface area (Å²) in [6, 6.07) is 0. The van der Waals surface area contributed by atoms with Crippen LogP contribution in [0.15, 0.2) is 0 Å². The van der Waals surface area contributed by atoms with Gasteiger partial charge in [-0.2, -0.15) is 0 Å².